The lowest BCUT2D eigenvalue weighted by atomic mass is 9.93. The average Bonchev–Trinajstić information content (AvgIpc) is 2.64. The van der Waals surface area contributed by atoms with Gasteiger partial charge in [-0.2, -0.15) is 0 Å². The lowest BCUT2D eigenvalue weighted by Gasteiger charge is -2.33. The minimum atomic E-state index is 0.562. The van der Waals surface area contributed by atoms with Gasteiger partial charge >= 0.3 is 0 Å². The van der Waals surface area contributed by atoms with E-state index in [2.05, 4.69) is 27.0 Å². The van der Waals surface area contributed by atoms with Crippen LogP contribution in [0.2, 0.25) is 0 Å². The number of likely N-dealkylation sites (tertiary alicyclic amines) is 1. The Bertz CT molecular complexity index is 737. The highest BCUT2D eigenvalue weighted by Crippen LogP contribution is 2.31. The summed E-state index contributed by atoms with van der Waals surface area (Å²) in [6, 6.07) is 6.27. The van der Waals surface area contributed by atoms with Crippen molar-refractivity contribution in [2.45, 2.75) is 25.8 Å². The normalized spacial score (nSPS) is 20.4. The van der Waals surface area contributed by atoms with Gasteiger partial charge in [-0.3, -0.25) is 9.88 Å². The first-order chi connectivity index (χ1) is 12.3. The van der Waals surface area contributed by atoms with Crippen LogP contribution in [0.15, 0.2) is 30.6 Å². The lowest BCUT2D eigenvalue weighted by molar-refractivity contribution is 0.162. The Hall–Kier alpha value is -2.34. The fraction of sp³-hybridized carbons (Fsp3) is 0.474. The van der Waals surface area contributed by atoms with Crippen LogP contribution in [0.4, 0.5) is 5.82 Å². The fourth-order valence-corrected chi connectivity index (χ4v) is 3.71. The number of piperidine rings is 1. The molecule has 2 aromatic rings. The van der Waals surface area contributed by atoms with Gasteiger partial charge in [0.1, 0.15) is 19.0 Å². The Kier molecular flexibility index (Phi) is 4.70. The van der Waals surface area contributed by atoms with Crippen molar-refractivity contribution < 1.29 is 9.47 Å². The molecule has 0 spiro atoms. The van der Waals surface area contributed by atoms with Crippen LogP contribution in [0.3, 0.4) is 0 Å². The summed E-state index contributed by atoms with van der Waals surface area (Å²) >= 11 is 0. The van der Waals surface area contributed by atoms with Crippen molar-refractivity contribution in [1.82, 2.24) is 14.9 Å². The highest BCUT2D eigenvalue weighted by atomic mass is 16.6. The quantitative estimate of drug-likeness (QED) is 0.920. The van der Waals surface area contributed by atoms with Gasteiger partial charge in [-0.25, -0.2) is 4.98 Å². The van der Waals surface area contributed by atoms with E-state index < -0.39 is 0 Å². The molecule has 1 fully saturated rings. The topological polar surface area (TPSA) is 73.5 Å². The molecule has 6 heteroatoms. The van der Waals surface area contributed by atoms with Gasteiger partial charge in [0.05, 0.1) is 5.69 Å². The van der Waals surface area contributed by atoms with Gasteiger partial charge in [-0.1, -0.05) is 6.07 Å². The zero-order valence-electron chi connectivity index (χ0n) is 14.4. The highest BCUT2D eigenvalue weighted by molar-refractivity contribution is 5.43. The van der Waals surface area contributed by atoms with E-state index in [4.69, 9.17) is 15.2 Å². The second-order valence-electron chi connectivity index (χ2n) is 6.81. The minimum Gasteiger partial charge on any atom is -0.486 e. The van der Waals surface area contributed by atoms with Gasteiger partial charge in [0, 0.05) is 25.5 Å². The van der Waals surface area contributed by atoms with E-state index in [1.165, 1.54) is 18.4 Å². The number of anilines is 1. The monoisotopic (exact) mass is 340 g/mol. The van der Waals surface area contributed by atoms with Crippen molar-refractivity contribution in [3.8, 4) is 11.5 Å². The standard InChI is InChI=1S/C19H24N4O2/c20-19-16(21-5-6-22-19)10-14-2-1-7-23(12-14)13-15-3-4-17-18(11-15)25-9-8-24-17/h3-6,11,14H,1-2,7-10,12-13H2,(H2,20,22). The maximum atomic E-state index is 5.95. The van der Waals surface area contributed by atoms with Crippen molar-refractivity contribution in [3.05, 3.63) is 41.9 Å². The third kappa shape index (κ3) is 3.85. The van der Waals surface area contributed by atoms with E-state index in [9.17, 15) is 0 Å². The second kappa shape index (κ2) is 7.27. The molecular weight excluding hydrogens is 316 g/mol. The first kappa shape index (κ1) is 16.1. The van der Waals surface area contributed by atoms with Crippen LogP contribution in [0.1, 0.15) is 24.1 Å². The molecule has 132 valence electrons. The van der Waals surface area contributed by atoms with Crippen LogP contribution < -0.4 is 15.2 Å². The number of nitrogens with zero attached hydrogens (tertiary/aromatic N) is 3. The zero-order valence-corrected chi connectivity index (χ0v) is 14.4. The number of nitrogens with two attached hydrogens (primary N) is 1. The molecule has 0 radical (unpaired) electrons. The Balaban J connectivity index is 1.39. The van der Waals surface area contributed by atoms with Gasteiger partial charge in [-0.15, -0.1) is 0 Å². The molecule has 4 rings (SSSR count). The average molecular weight is 340 g/mol. The Morgan fingerprint density at radius 3 is 2.84 bits per heavy atom. The first-order valence-electron chi connectivity index (χ1n) is 8.94. The fourth-order valence-electron chi connectivity index (χ4n) is 3.71. The van der Waals surface area contributed by atoms with Crippen molar-refractivity contribution in [2.75, 3.05) is 32.0 Å². The van der Waals surface area contributed by atoms with Crippen molar-refractivity contribution >= 4 is 5.82 Å². The molecule has 0 bridgehead atoms. The van der Waals surface area contributed by atoms with Gasteiger partial charge in [0.2, 0.25) is 0 Å². The molecule has 2 aliphatic heterocycles. The molecule has 3 heterocycles. The van der Waals surface area contributed by atoms with Crippen LogP contribution in [-0.4, -0.2) is 41.2 Å². The van der Waals surface area contributed by atoms with Crippen molar-refractivity contribution in [1.29, 1.82) is 0 Å². The third-order valence-electron chi connectivity index (χ3n) is 4.90. The SMILES string of the molecule is Nc1nccnc1CC1CCCN(Cc2ccc3c(c2)OCCO3)C1. The van der Waals surface area contributed by atoms with Crippen molar-refractivity contribution in [2.24, 2.45) is 5.92 Å². The van der Waals surface area contributed by atoms with Crippen LogP contribution in [0.5, 0.6) is 11.5 Å². The Morgan fingerprint density at radius 1 is 1.12 bits per heavy atom. The highest BCUT2D eigenvalue weighted by Gasteiger charge is 2.22. The Labute approximate surface area is 148 Å². The van der Waals surface area contributed by atoms with Crippen LogP contribution >= 0.6 is 0 Å². The minimum absolute atomic E-state index is 0.562. The number of rotatable bonds is 4. The number of fused-ring (bicyclic) bond motifs is 1. The molecule has 2 aliphatic rings. The maximum absolute atomic E-state index is 5.95. The maximum Gasteiger partial charge on any atom is 0.161 e. The van der Waals surface area contributed by atoms with E-state index in [1.807, 2.05) is 6.07 Å². The van der Waals surface area contributed by atoms with E-state index >= 15 is 0 Å². The molecule has 1 atom stereocenters. The second-order valence-corrected chi connectivity index (χ2v) is 6.81. The number of nitrogen functional groups attached to an aromatic ring is 1. The molecule has 1 aromatic carbocycles. The number of hydrogen-bond acceptors (Lipinski definition) is 6. The molecule has 1 unspecified atom stereocenters. The van der Waals surface area contributed by atoms with E-state index in [-0.39, 0.29) is 0 Å². The van der Waals surface area contributed by atoms with E-state index in [0.717, 1.165) is 43.2 Å². The summed E-state index contributed by atoms with van der Waals surface area (Å²) in [5, 5.41) is 0. The number of aromatic nitrogens is 2. The van der Waals surface area contributed by atoms with Crippen molar-refractivity contribution in [3.63, 3.8) is 0 Å². The number of ether oxygens (including phenoxy) is 2. The van der Waals surface area contributed by atoms with Gasteiger partial charge < -0.3 is 15.2 Å². The smallest absolute Gasteiger partial charge is 0.161 e. The van der Waals surface area contributed by atoms with Gasteiger partial charge in [-0.05, 0) is 49.4 Å². The molecular formula is C19H24N4O2. The van der Waals surface area contributed by atoms with E-state index in [1.54, 1.807) is 12.4 Å². The molecule has 2 N–H and O–H groups in total. The summed E-state index contributed by atoms with van der Waals surface area (Å²) in [6.07, 6.45) is 6.69. The van der Waals surface area contributed by atoms with Crippen LogP contribution in [0, 0.1) is 5.92 Å². The summed E-state index contributed by atoms with van der Waals surface area (Å²) in [5.41, 5.74) is 8.14. The largest absolute Gasteiger partial charge is 0.486 e. The van der Waals surface area contributed by atoms with Crippen LogP contribution in [0.25, 0.3) is 0 Å². The summed E-state index contributed by atoms with van der Waals surface area (Å²) in [6.45, 7) is 4.38. The van der Waals surface area contributed by atoms with Gasteiger partial charge in [0.15, 0.2) is 11.5 Å². The summed E-state index contributed by atoms with van der Waals surface area (Å²) in [5.74, 6) is 2.85. The molecule has 25 heavy (non-hydrogen) atoms. The lowest BCUT2D eigenvalue weighted by Crippen LogP contribution is -2.36. The summed E-state index contributed by atoms with van der Waals surface area (Å²) < 4.78 is 11.3. The molecule has 0 aliphatic carbocycles. The predicted octanol–water partition coefficient (Wildman–Crippen LogP) is 2.28. The first-order valence-corrected chi connectivity index (χ1v) is 8.94. The molecule has 0 saturated carbocycles. The number of benzene rings is 1. The molecule has 1 aromatic heterocycles. The molecule has 6 nitrogen and oxygen atoms in total. The van der Waals surface area contributed by atoms with Gasteiger partial charge in [0.25, 0.3) is 0 Å². The van der Waals surface area contributed by atoms with E-state index in [0.29, 0.717) is 24.9 Å². The Morgan fingerprint density at radius 2 is 1.96 bits per heavy atom. The summed E-state index contributed by atoms with van der Waals surface area (Å²) in [4.78, 5) is 11.0. The summed E-state index contributed by atoms with van der Waals surface area (Å²) in [7, 11) is 0. The van der Waals surface area contributed by atoms with Crippen LogP contribution in [-0.2, 0) is 13.0 Å². The zero-order chi connectivity index (χ0) is 17.1. The molecule has 1 saturated heterocycles. The molecule has 0 amide bonds. The predicted molar refractivity (Wildman–Crippen MR) is 95.6 cm³/mol. The number of hydrogen-bond donors (Lipinski definition) is 1. The third-order valence-corrected chi connectivity index (χ3v) is 4.90.